The van der Waals surface area contributed by atoms with Crippen LogP contribution in [-0.2, 0) is 11.3 Å². The Bertz CT molecular complexity index is 1490. The average molecular weight is 604 g/mol. The average Bonchev–Trinajstić information content (AvgIpc) is 3.32. The number of thioether (sulfide) groups is 1. The number of hydrogen-bond donors (Lipinski definition) is 0. The maximum absolute atomic E-state index is 13.6. The zero-order chi connectivity index (χ0) is 25.2. The molecule has 5 rings (SSSR count). The first-order valence-electron chi connectivity index (χ1n) is 11.8. The van der Waals surface area contributed by atoms with Crippen LogP contribution in [0.4, 0.5) is 5.69 Å². The van der Waals surface area contributed by atoms with E-state index in [1.54, 1.807) is 4.90 Å². The van der Waals surface area contributed by atoms with E-state index >= 15 is 0 Å². The molecular weight excluding hydrogens is 577 g/mol. The third kappa shape index (κ3) is 5.06. The Hall–Kier alpha value is -3.10. The van der Waals surface area contributed by atoms with Crippen LogP contribution in [0.25, 0.3) is 11.8 Å². The van der Waals surface area contributed by atoms with Crippen LogP contribution in [0.15, 0.2) is 94.8 Å². The number of rotatable bonds is 5. The lowest BCUT2D eigenvalue weighted by Crippen LogP contribution is -2.28. The number of benzene rings is 3. The quantitative estimate of drug-likeness (QED) is 0.172. The van der Waals surface area contributed by atoms with Gasteiger partial charge in [-0.3, -0.25) is 9.69 Å². The van der Waals surface area contributed by atoms with Crippen molar-refractivity contribution in [3.8, 4) is 5.69 Å². The van der Waals surface area contributed by atoms with Gasteiger partial charge in [-0.1, -0.05) is 48.5 Å². The van der Waals surface area contributed by atoms with E-state index in [9.17, 15) is 4.79 Å². The van der Waals surface area contributed by atoms with Gasteiger partial charge in [-0.25, -0.2) is 4.99 Å². The van der Waals surface area contributed by atoms with Crippen molar-refractivity contribution in [3.63, 3.8) is 0 Å². The summed E-state index contributed by atoms with van der Waals surface area (Å²) in [7, 11) is 0. The highest BCUT2D eigenvalue weighted by atomic mass is 127. The van der Waals surface area contributed by atoms with Crippen LogP contribution < -0.4 is 0 Å². The predicted molar refractivity (Wildman–Crippen MR) is 159 cm³/mol. The monoisotopic (exact) mass is 603 g/mol. The highest BCUT2D eigenvalue weighted by Gasteiger charge is 2.33. The Balaban J connectivity index is 1.53. The Morgan fingerprint density at radius 1 is 0.917 bits per heavy atom. The molecule has 0 radical (unpaired) electrons. The maximum Gasteiger partial charge on any atom is 0.267 e. The van der Waals surface area contributed by atoms with Gasteiger partial charge in [0.25, 0.3) is 5.91 Å². The molecular formula is C30H26IN3OS. The molecule has 1 aromatic heterocycles. The number of para-hydroxylation sites is 1. The topological polar surface area (TPSA) is 37.6 Å². The first-order chi connectivity index (χ1) is 17.4. The summed E-state index contributed by atoms with van der Waals surface area (Å²) < 4.78 is 3.50. The van der Waals surface area contributed by atoms with Crippen molar-refractivity contribution in [2.45, 2.75) is 27.3 Å². The molecule has 1 aliphatic heterocycles. The van der Waals surface area contributed by atoms with E-state index in [1.165, 1.54) is 20.9 Å². The predicted octanol–water partition coefficient (Wildman–Crippen LogP) is 7.81. The van der Waals surface area contributed by atoms with Crippen LogP contribution in [-0.4, -0.2) is 20.5 Å². The molecule has 0 aliphatic carbocycles. The largest absolute Gasteiger partial charge is 0.318 e. The second-order valence-electron chi connectivity index (χ2n) is 8.81. The van der Waals surface area contributed by atoms with Gasteiger partial charge in [-0.15, -0.1) is 0 Å². The van der Waals surface area contributed by atoms with Gasteiger partial charge in [0.05, 0.1) is 17.1 Å². The molecule has 4 aromatic rings. The summed E-state index contributed by atoms with van der Waals surface area (Å²) in [5, 5.41) is 0.698. The summed E-state index contributed by atoms with van der Waals surface area (Å²) in [6, 6.07) is 28.5. The van der Waals surface area contributed by atoms with Gasteiger partial charge >= 0.3 is 0 Å². The van der Waals surface area contributed by atoms with Crippen LogP contribution >= 0.6 is 34.4 Å². The van der Waals surface area contributed by atoms with Crippen molar-refractivity contribution in [2.24, 2.45) is 4.99 Å². The Morgan fingerprint density at radius 3 is 2.31 bits per heavy atom. The van der Waals surface area contributed by atoms with Crippen molar-refractivity contribution in [1.82, 2.24) is 9.47 Å². The molecule has 1 saturated heterocycles. The molecule has 180 valence electrons. The SMILES string of the molecule is Cc1cc(-n2c(C)cc(/C=C3\SC(=Nc4ccccc4)N(Cc4ccccc4)C3=O)c2C)ccc1I. The summed E-state index contributed by atoms with van der Waals surface area (Å²) in [6.45, 7) is 6.83. The number of carbonyl (C=O) groups is 1. The van der Waals surface area contributed by atoms with Crippen molar-refractivity contribution in [2.75, 3.05) is 0 Å². The van der Waals surface area contributed by atoms with E-state index < -0.39 is 0 Å². The molecule has 36 heavy (non-hydrogen) atoms. The summed E-state index contributed by atoms with van der Waals surface area (Å²) in [6.07, 6.45) is 2.01. The van der Waals surface area contributed by atoms with Gasteiger partial charge in [-0.05, 0) is 114 Å². The third-order valence-electron chi connectivity index (χ3n) is 6.21. The first kappa shape index (κ1) is 24.6. The molecule has 0 N–H and O–H groups in total. The van der Waals surface area contributed by atoms with E-state index in [2.05, 4.69) is 72.2 Å². The van der Waals surface area contributed by atoms with Gasteiger partial charge in [0.2, 0.25) is 0 Å². The highest BCUT2D eigenvalue weighted by Crippen LogP contribution is 2.36. The molecule has 2 heterocycles. The van der Waals surface area contributed by atoms with Gasteiger partial charge in [0, 0.05) is 20.6 Å². The summed E-state index contributed by atoms with van der Waals surface area (Å²) >= 11 is 3.80. The van der Waals surface area contributed by atoms with Crippen molar-refractivity contribution < 1.29 is 4.79 Å². The summed E-state index contributed by atoms with van der Waals surface area (Å²) in [4.78, 5) is 20.9. The second kappa shape index (κ2) is 10.5. The van der Waals surface area contributed by atoms with E-state index in [1.807, 2.05) is 66.7 Å². The molecule has 4 nitrogen and oxygen atoms in total. The maximum atomic E-state index is 13.6. The van der Waals surface area contributed by atoms with Crippen LogP contribution in [0, 0.1) is 24.3 Å². The molecule has 0 atom stereocenters. The molecule has 3 aromatic carbocycles. The molecule has 1 aliphatic rings. The van der Waals surface area contributed by atoms with E-state index in [-0.39, 0.29) is 5.91 Å². The number of aryl methyl sites for hydroxylation is 2. The van der Waals surface area contributed by atoms with Crippen LogP contribution in [0.5, 0.6) is 0 Å². The molecule has 6 heteroatoms. The first-order valence-corrected chi connectivity index (χ1v) is 13.6. The van der Waals surface area contributed by atoms with Crippen molar-refractivity contribution in [3.05, 3.63) is 121 Å². The van der Waals surface area contributed by atoms with Crippen LogP contribution in [0.3, 0.4) is 0 Å². The molecule has 0 saturated carbocycles. The van der Waals surface area contributed by atoms with E-state index in [0.717, 1.165) is 33.9 Å². The number of carbonyl (C=O) groups excluding carboxylic acids is 1. The minimum Gasteiger partial charge on any atom is -0.318 e. The van der Waals surface area contributed by atoms with Gasteiger partial charge < -0.3 is 4.57 Å². The summed E-state index contributed by atoms with van der Waals surface area (Å²) in [5.41, 5.74) is 7.57. The zero-order valence-corrected chi connectivity index (χ0v) is 23.4. The normalized spacial score (nSPS) is 15.9. The van der Waals surface area contributed by atoms with Gasteiger partial charge in [-0.2, -0.15) is 0 Å². The number of aliphatic imine (C=N–C) groups is 1. The lowest BCUT2D eigenvalue weighted by molar-refractivity contribution is -0.122. The standard InChI is InChI=1S/C30H26IN3OS/c1-20-16-26(14-15-27(20)31)34-21(2)17-24(22(34)3)18-28-29(35)33(19-23-10-6-4-7-11-23)30(36-28)32-25-12-8-5-9-13-25/h4-18H,19H2,1-3H3/b28-18-,32-30?. The molecule has 0 unspecified atom stereocenters. The highest BCUT2D eigenvalue weighted by molar-refractivity contribution is 14.1. The molecule has 1 amide bonds. The minimum absolute atomic E-state index is 0.0200. The third-order valence-corrected chi connectivity index (χ3v) is 8.43. The minimum atomic E-state index is -0.0200. The Kier molecular flexibility index (Phi) is 7.16. The number of amidine groups is 1. The van der Waals surface area contributed by atoms with Crippen LogP contribution in [0.2, 0.25) is 0 Å². The van der Waals surface area contributed by atoms with Crippen molar-refractivity contribution in [1.29, 1.82) is 0 Å². The molecule has 1 fully saturated rings. The van der Waals surface area contributed by atoms with Gasteiger partial charge in [0.1, 0.15) is 0 Å². The Morgan fingerprint density at radius 2 is 1.61 bits per heavy atom. The van der Waals surface area contributed by atoms with Gasteiger partial charge in [0.15, 0.2) is 5.17 Å². The number of nitrogens with zero attached hydrogens (tertiary/aromatic N) is 3. The lowest BCUT2D eigenvalue weighted by atomic mass is 10.2. The smallest absolute Gasteiger partial charge is 0.267 e. The van der Waals surface area contributed by atoms with Crippen LogP contribution in [0.1, 0.15) is 28.1 Å². The number of hydrogen-bond acceptors (Lipinski definition) is 3. The second-order valence-corrected chi connectivity index (χ2v) is 11.0. The van der Waals surface area contributed by atoms with E-state index in [0.29, 0.717) is 16.6 Å². The number of halogens is 1. The fraction of sp³-hybridized carbons (Fsp3) is 0.133. The fourth-order valence-electron chi connectivity index (χ4n) is 4.35. The lowest BCUT2D eigenvalue weighted by Gasteiger charge is -2.15. The summed E-state index contributed by atoms with van der Waals surface area (Å²) in [5.74, 6) is -0.0200. The fourth-order valence-corrected chi connectivity index (χ4v) is 5.67. The Labute approximate surface area is 229 Å². The molecule has 0 bridgehead atoms. The number of aromatic nitrogens is 1. The number of amides is 1. The van der Waals surface area contributed by atoms with E-state index in [4.69, 9.17) is 4.99 Å². The van der Waals surface area contributed by atoms with Crippen molar-refractivity contribution >= 4 is 57.2 Å². The molecule has 0 spiro atoms. The zero-order valence-electron chi connectivity index (χ0n) is 20.4.